The van der Waals surface area contributed by atoms with Crippen LogP contribution in [0.3, 0.4) is 0 Å². The number of anilines is 1. The van der Waals surface area contributed by atoms with Gasteiger partial charge in [-0.25, -0.2) is 0 Å². The highest BCUT2D eigenvalue weighted by molar-refractivity contribution is 6.58. The van der Waals surface area contributed by atoms with Gasteiger partial charge in [-0.2, -0.15) is 0 Å². The number of nitrogens with zero attached hydrogens (tertiary/aromatic N) is 3. The van der Waals surface area contributed by atoms with Gasteiger partial charge in [0, 0.05) is 43.0 Å². The molecule has 0 aliphatic carbocycles. The minimum Gasteiger partial charge on any atom is -0.393 e. The maximum absolute atomic E-state index is 15.7. The van der Waals surface area contributed by atoms with Crippen molar-refractivity contribution < 1.29 is 13.1 Å². The van der Waals surface area contributed by atoms with Gasteiger partial charge in [0.2, 0.25) is 0 Å². The van der Waals surface area contributed by atoms with Crippen molar-refractivity contribution in [1.82, 2.24) is 4.48 Å². The van der Waals surface area contributed by atoms with E-state index in [2.05, 4.69) is 43.0 Å². The number of allylic oxidation sites excluding steroid dienone is 2. The van der Waals surface area contributed by atoms with E-state index < -0.39 is 6.97 Å². The average molecular weight is 395 g/mol. The summed E-state index contributed by atoms with van der Waals surface area (Å²) in [5, 5.41) is 0. The van der Waals surface area contributed by atoms with Gasteiger partial charge in [-0.15, -0.1) is 0 Å². The Morgan fingerprint density at radius 2 is 1.62 bits per heavy atom. The zero-order valence-corrected chi connectivity index (χ0v) is 18.1. The van der Waals surface area contributed by atoms with Crippen LogP contribution in [0.4, 0.5) is 14.3 Å². The Hall–Kier alpha value is -2.63. The van der Waals surface area contributed by atoms with Crippen molar-refractivity contribution in [3.63, 3.8) is 0 Å². The SMILES string of the molecule is CCN(CC)c1ccc(C2=C3C(C)=CC(C)=[N+]3[B-](F)(F)n3c(C)cc(C)c32)cc1. The fraction of sp³-hybridized carbons (Fsp3) is 0.348. The van der Waals surface area contributed by atoms with E-state index in [1.54, 1.807) is 13.8 Å². The van der Waals surface area contributed by atoms with Crippen LogP contribution in [0.2, 0.25) is 0 Å². The maximum Gasteiger partial charge on any atom is 0.737 e. The second-order valence-corrected chi connectivity index (χ2v) is 8.06. The first-order valence-electron chi connectivity index (χ1n) is 10.3. The van der Waals surface area contributed by atoms with E-state index in [9.17, 15) is 0 Å². The molecule has 0 radical (unpaired) electrons. The summed E-state index contributed by atoms with van der Waals surface area (Å²) in [5.41, 5.74) is 7.24. The fourth-order valence-electron chi connectivity index (χ4n) is 5.00. The summed E-state index contributed by atoms with van der Waals surface area (Å²) >= 11 is 0. The van der Waals surface area contributed by atoms with E-state index in [-0.39, 0.29) is 0 Å². The van der Waals surface area contributed by atoms with Crippen molar-refractivity contribution >= 4 is 23.9 Å². The van der Waals surface area contributed by atoms with Crippen molar-refractivity contribution in [3.8, 4) is 0 Å². The molecule has 0 fully saturated rings. The molecule has 0 saturated carbocycles. The van der Waals surface area contributed by atoms with E-state index in [0.29, 0.717) is 22.8 Å². The molecular formula is C23H28BF2N3. The summed E-state index contributed by atoms with van der Waals surface area (Å²) < 4.78 is 33.8. The number of rotatable bonds is 4. The molecular weight excluding hydrogens is 367 g/mol. The molecule has 2 aromatic rings. The highest BCUT2D eigenvalue weighted by atomic mass is 19.2. The number of aromatic nitrogens is 1. The Bertz CT molecular complexity index is 1080. The molecule has 1 aromatic heterocycles. The van der Waals surface area contributed by atoms with Gasteiger partial charge in [-0.3, -0.25) is 0 Å². The molecule has 0 unspecified atom stereocenters. The largest absolute Gasteiger partial charge is 0.737 e. The van der Waals surface area contributed by atoms with Crippen LogP contribution in [0, 0.1) is 13.8 Å². The van der Waals surface area contributed by atoms with Gasteiger partial charge < -0.3 is 22.5 Å². The van der Waals surface area contributed by atoms with Crippen molar-refractivity contribution in [1.29, 1.82) is 0 Å². The van der Waals surface area contributed by atoms with Gasteiger partial charge in [-0.05, 0) is 69.6 Å². The van der Waals surface area contributed by atoms with Crippen LogP contribution in [-0.4, -0.2) is 34.7 Å². The molecule has 3 nitrogen and oxygen atoms in total. The number of halogens is 2. The minimum atomic E-state index is -3.92. The predicted molar refractivity (Wildman–Crippen MR) is 118 cm³/mol. The van der Waals surface area contributed by atoms with Gasteiger partial charge >= 0.3 is 6.97 Å². The lowest BCUT2D eigenvalue weighted by molar-refractivity contribution is -0.363. The second kappa shape index (κ2) is 6.72. The summed E-state index contributed by atoms with van der Waals surface area (Å²) in [6.45, 7) is 9.60. The molecule has 152 valence electrons. The van der Waals surface area contributed by atoms with Crippen LogP contribution in [0.5, 0.6) is 0 Å². The van der Waals surface area contributed by atoms with E-state index in [0.717, 1.165) is 41.1 Å². The van der Waals surface area contributed by atoms with Crippen LogP contribution in [0.1, 0.15) is 50.2 Å². The van der Waals surface area contributed by atoms with E-state index in [1.165, 1.54) is 8.96 Å². The molecule has 6 heteroatoms. The van der Waals surface area contributed by atoms with Crippen molar-refractivity contribution in [2.24, 2.45) is 0 Å². The van der Waals surface area contributed by atoms with Gasteiger partial charge in [0.05, 0.1) is 5.57 Å². The Morgan fingerprint density at radius 3 is 2.21 bits per heavy atom. The molecule has 2 aliphatic heterocycles. The minimum absolute atomic E-state index is 0.594. The zero-order chi connectivity index (χ0) is 21.1. The van der Waals surface area contributed by atoms with Gasteiger partial charge in [0.15, 0.2) is 5.70 Å². The summed E-state index contributed by atoms with van der Waals surface area (Å²) in [5.74, 6) is 0. The third kappa shape index (κ3) is 2.72. The van der Waals surface area contributed by atoms with Crippen LogP contribution in [0.25, 0.3) is 5.57 Å². The normalized spacial score (nSPS) is 17.4. The maximum atomic E-state index is 15.7. The van der Waals surface area contributed by atoms with Crippen LogP contribution in [-0.2, 0) is 0 Å². The fourth-order valence-corrected chi connectivity index (χ4v) is 5.00. The Kier molecular flexibility index (Phi) is 4.56. The summed E-state index contributed by atoms with van der Waals surface area (Å²) in [7, 11) is 0. The molecule has 0 saturated heterocycles. The highest BCUT2D eigenvalue weighted by Crippen LogP contribution is 2.44. The predicted octanol–water partition coefficient (Wildman–Crippen LogP) is 5.38. The third-order valence-corrected chi connectivity index (χ3v) is 6.22. The van der Waals surface area contributed by atoms with E-state index >= 15 is 8.63 Å². The molecule has 4 rings (SSSR count). The van der Waals surface area contributed by atoms with Gasteiger partial charge in [0.25, 0.3) is 0 Å². The number of hydrogen-bond acceptors (Lipinski definition) is 1. The van der Waals surface area contributed by atoms with Crippen LogP contribution in [0.15, 0.2) is 47.7 Å². The van der Waals surface area contributed by atoms with Gasteiger partial charge in [-0.1, -0.05) is 12.1 Å². The summed E-state index contributed by atoms with van der Waals surface area (Å²) in [6.07, 6.45) is 1.87. The van der Waals surface area contributed by atoms with Crippen LogP contribution >= 0.6 is 0 Å². The molecule has 0 N–H and O–H groups in total. The van der Waals surface area contributed by atoms with Gasteiger partial charge in [0.1, 0.15) is 5.71 Å². The lowest BCUT2D eigenvalue weighted by Crippen LogP contribution is -2.51. The number of hydrogen-bond donors (Lipinski definition) is 0. The molecule has 3 heterocycles. The number of benzene rings is 1. The second-order valence-electron chi connectivity index (χ2n) is 8.06. The van der Waals surface area contributed by atoms with Crippen molar-refractivity contribution in [2.75, 3.05) is 18.0 Å². The lowest BCUT2D eigenvalue weighted by Gasteiger charge is -2.34. The quantitative estimate of drug-likeness (QED) is 0.633. The zero-order valence-electron chi connectivity index (χ0n) is 18.1. The monoisotopic (exact) mass is 395 g/mol. The average Bonchev–Trinajstić information content (AvgIpc) is 3.14. The molecule has 0 amide bonds. The molecule has 0 atom stereocenters. The van der Waals surface area contributed by atoms with E-state index in [1.807, 2.05) is 26.0 Å². The number of fused-ring (bicyclic) bond motifs is 2. The molecule has 0 bridgehead atoms. The topological polar surface area (TPSA) is 11.2 Å². The third-order valence-electron chi connectivity index (χ3n) is 6.22. The first kappa shape index (κ1) is 19.7. The molecule has 2 aliphatic rings. The molecule has 0 spiro atoms. The van der Waals surface area contributed by atoms with Crippen LogP contribution < -0.4 is 4.90 Å². The summed E-state index contributed by atoms with van der Waals surface area (Å²) in [6, 6.07) is 10.2. The lowest BCUT2D eigenvalue weighted by atomic mass is 9.84. The highest BCUT2D eigenvalue weighted by Gasteiger charge is 2.55. The summed E-state index contributed by atoms with van der Waals surface area (Å²) in [4.78, 5) is 2.28. The Labute approximate surface area is 171 Å². The van der Waals surface area contributed by atoms with Crippen molar-refractivity contribution in [3.05, 3.63) is 70.2 Å². The standard InChI is InChI=1S/C23H28BF2N3/c1-7-27(8-2)20-11-9-19(10-12-20)21-22-15(3)13-17(5)28(22)24(25,26)29-18(6)14-16(4)23(21)29/h9-14H,7-8H2,1-6H3. The van der Waals surface area contributed by atoms with Crippen molar-refractivity contribution in [2.45, 2.75) is 41.5 Å². The van der Waals surface area contributed by atoms with E-state index in [4.69, 9.17) is 0 Å². The Morgan fingerprint density at radius 1 is 1.00 bits per heavy atom. The molecule has 29 heavy (non-hydrogen) atoms. The Balaban J connectivity index is 2.00. The molecule has 1 aromatic carbocycles. The number of aryl methyl sites for hydroxylation is 2. The first-order chi connectivity index (χ1) is 13.7. The first-order valence-corrected chi connectivity index (χ1v) is 10.3. The smallest absolute Gasteiger partial charge is 0.393 e.